The Labute approximate surface area is 94.2 Å². The van der Waals surface area contributed by atoms with Gasteiger partial charge in [0.25, 0.3) is 0 Å². The maximum atomic E-state index is 4.48. The third-order valence-corrected chi connectivity index (χ3v) is 2.70. The Kier molecular flexibility index (Phi) is 2.00. The molecule has 0 fully saturated rings. The van der Waals surface area contributed by atoms with Gasteiger partial charge in [-0.1, -0.05) is 30.3 Å². The van der Waals surface area contributed by atoms with Crippen LogP contribution in [-0.4, -0.2) is 9.38 Å². The first-order valence-electron chi connectivity index (χ1n) is 5.34. The van der Waals surface area contributed by atoms with Crippen LogP contribution >= 0.6 is 0 Å². The first-order valence-corrected chi connectivity index (χ1v) is 5.34. The van der Waals surface area contributed by atoms with Gasteiger partial charge >= 0.3 is 0 Å². The number of aromatic nitrogens is 2. The Balaban J connectivity index is 2.19. The van der Waals surface area contributed by atoms with E-state index in [1.54, 1.807) is 0 Å². The highest BCUT2D eigenvalue weighted by molar-refractivity contribution is 5.68. The van der Waals surface area contributed by atoms with Gasteiger partial charge in [0.15, 0.2) is 0 Å². The highest BCUT2D eigenvalue weighted by Gasteiger charge is 2.02. The highest BCUT2D eigenvalue weighted by Crippen LogP contribution is 2.21. The van der Waals surface area contributed by atoms with Gasteiger partial charge in [0.05, 0.1) is 0 Å². The molecule has 0 bridgehead atoms. The summed E-state index contributed by atoms with van der Waals surface area (Å²) in [5.74, 6) is 0. The lowest BCUT2D eigenvalue weighted by Crippen LogP contribution is -1.86. The molecule has 0 saturated heterocycles. The van der Waals surface area contributed by atoms with Gasteiger partial charge in [-0.15, -0.1) is 0 Å². The first kappa shape index (κ1) is 9.16. The van der Waals surface area contributed by atoms with Crippen molar-refractivity contribution in [2.45, 2.75) is 6.92 Å². The number of benzene rings is 1. The fraction of sp³-hybridized carbons (Fsp3) is 0.0714. The van der Waals surface area contributed by atoms with Gasteiger partial charge in [-0.3, -0.25) is 0 Å². The zero-order valence-electron chi connectivity index (χ0n) is 9.09. The van der Waals surface area contributed by atoms with Crippen molar-refractivity contribution >= 4 is 5.65 Å². The minimum atomic E-state index is 0.999. The fourth-order valence-corrected chi connectivity index (χ4v) is 1.87. The predicted molar refractivity (Wildman–Crippen MR) is 65.4 cm³/mol. The van der Waals surface area contributed by atoms with Crippen LogP contribution < -0.4 is 0 Å². The normalized spacial score (nSPS) is 10.8. The SMILES string of the molecule is Cc1ccn2cc(-c3ccccc3)cc2n1. The van der Waals surface area contributed by atoms with Crippen LogP contribution in [0.25, 0.3) is 16.8 Å². The molecular formula is C14H12N2. The number of nitrogens with zero attached hydrogens (tertiary/aromatic N) is 2. The van der Waals surface area contributed by atoms with E-state index in [1.807, 2.05) is 25.3 Å². The monoisotopic (exact) mass is 208 g/mol. The average molecular weight is 208 g/mol. The van der Waals surface area contributed by atoms with Crippen LogP contribution in [0.5, 0.6) is 0 Å². The van der Waals surface area contributed by atoms with Crippen molar-refractivity contribution in [3.63, 3.8) is 0 Å². The number of hydrogen-bond acceptors (Lipinski definition) is 1. The molecule has 0 saturated carbocycles. The summed E-state index contributed by atoms with van der Waals surface area (Å²) in [4.78, 5) is 4.48. The van der Waals surface area contributed by atoms with Crippen LogP contribution in [-0.2, 0) is 0 Å². The average Bonchev–Trinajstić information content (AvgIpc) is 2.73. The van der Waals surface area contributed by atoms with Crippen LogP contribution in [0.2, 0.25) is 0 Å². The third-order valence-electron chi connectivity index (χ3n) is 2.70. The molecule has 0 aliphatic heterocycles. The Morgan fingerprint density at radius 2 is 1.81 bits per heavy atom. The molecule has 0 aliphatic rings. The Morgan fingerprint density at radius 3 is 2.62 bits per heavy atom. The molecule has 16 heavy (non-hydrogen) atoms. The van der Waals surface area contributed by atoms with E-state index in [1.165, 1.54) is 11.1 Å². The number of hydrogen-bond donors (Lipinski definition) is 0. The van der Waals surface area contributed by atoms with Gasteiger partial charge in [-0.05, 0) is 24.6 Å². The lowest BCUT2D eigenvalue weighted by molar-refractivity contribution is 1.09. The van der Waals surface area contributed by atoms with E-state index >= 15 is 0 Å². The topological polar surface area (TPSA) is 17.3 Å². The summed E-state index contributed by atoms with van der Waals surface area (Å²) in [5.41, 5.74) is 4.48. The highest BCUT2D eigenvalue weighted by atomic mass is 15.0. The molecule has 0 atom stereocenters. The van der Waals surface area contributed by atoms with Gasteiger partial charge in [-0.25, -0.2) is 4.98 Å². The van der Waals surface area contributed by atoms with Crippen molar-refractivity contribution in [1.29, 1.82) is 0 Å². The first-order chi connectivity index (χ1) is 7.83. The maximum absolute atomic E-state index is 4.48. The van der Waals surface area contributed by atoms with Crippen molar-refractivity contribution in [2.75, 3.05) is 0 Å². The van der Waals surface area contributed by atoms with E-state index in [4.69, 9.17) is 0 Å². The molecule has 3 aromatic rings. The van der Waals surface area contributed by atoms with Gasteiger partial charge in [0.2, 0.25) is 0 Å². The van der Waals surface area contributed by atoms with E-state index in [0.717, 1.165) is 11.3 Å². The molecule has 2 nitrogen and oxygen atoms in total. The van der Waals surface area contributed by atoms with Crippen LogP contribution in [0.1, 0.15) is 5.69 Å². The Bertz CT molecular complexity index is 624. The fourth-order valence-electron chi connectivity index (χ4n) is 1.87. The standard InChI is InChI=1S/C14H12N2/c1-11-7-8-16-10-13(9-14(16)15-11)12-5-3-2-4-6-12/h2-10H,1H3. The van der Waals surface area contributed by atoms with Gasteiger partial charge in [0.1, 0.15) is 5.65 Å². The number of rotatable bonds is 1. The summed E-state index contributed by atoms with van der Waals surface area (Å²) in [5, 5.41) is 0. The molecule has 78 valence electrons. The molecular weight excluding hydrogens is 196 g/mol. The third kappa shape index (κ3) is 1.48. The molecule has 0 spiro atoms. The molecule has 0 unspecified atom stereocenters. The molecule has 0 N–H and O–H groups in total. The van der Waals surface area contributed by atoms with Crippen LogP contribution in [0, 0.1) is 6.92 Å². The van der Waals surface area contributed by atoms with Crippen molar-refractivity contribution < 1.29 is 0 Å². The zero-order valence-corrected chi connectivity index (χ0v) is 9.09. The van der Waals surface area contributed by atoms with Crippen LogP contribution in [0.15, 0.2) is 54.9 Å². The number of aryl methyl sites for hydroxylation is 1. The second-order valence-corrected chi connectivity index (χ2v) is 3.93. The Hall–Kier alpha value is -2.09. The Morgan fingerprint density at radius 1 is 1.00 bits per heavy atom. The largest absolute Gasteiger partial charge is 0.308 e. The zero-order chi connectivity index (χ0) is 11.0. The summed E-state index contributed by atoms with van der Waals surface area (Å²) in [6, 6.07) is 14.5. The summed E-state index contributed by atoms with van der Waals surface area (Å²) in [7, 11) is 0. The molecule has 1 aromatic carbocycles. The van der Waals surface area contributed by atoms with Crippen LogP contribution in [0.3, 0.4) is 0 Å². The maximum Gasteiger partial charge on any atom is 0.137 e. The molecule has 0 aliphatic carbocycles. The van der Waals surface area contributed by atoms with E-state index in [2.05, 4.69) is 45.9 Å². The van der Waals surface area contributed by atoms with E-state index in [-0.39, 0.29) is 0 Å². The lowest BCUT2D eigenvalue weighted by atomic mass is 10.1. The molecule has 3 rings (SSSR count). The van der Waals surface area contributed by atoms with Gasteiger partial charge < -0.3 is 4.40 Å². The van der Waals surface area contributed by atoms with Crippen molar-refractivity contribution in [3.8, 4) is 11.1 Å². The van der Waals surface area contributed by atoms with Gasteiger partial charge in [-0.2, -0.15) is 0 Å². The minimum absolute atomic E-state index is 0.999. The molecule has 0 radical (unpaired) electrons. The van der Waals surface area contributed by atoms with E-state index in [0.29, 0.717) is 0 Å². The van der Waals surface area contributed by atoms with E-state index < -0.39 is 0 Å². The molecule has 2 aromatic heterocycles. The quantitative estimate of drug-likeness (QED) is 0.599. The summed E-state index contributed by atoms with van der Waals surface area (Å²) in [6.07, 6.45) is 4.15. The predicted octanol–water partition coefficient (Wildman–Crippen LogP) is 3.31. The minimum Gasteiger partial charge on any atom is -0.308 e. The molecule has 2 heteroatoms. The summed E-state index contributed by atoms with van der Waals surface area (Å²) >= 11 is 0. The number of fused-ring (bicyclic) bond motifs is 1. The van der Waals surface area contributed by atoms with Crippen molar-refractivity contribution in [1.82, 2.24) is 9.38 Å². The second-order valence-electron chi connectivity index (χ2n) is 3.93. The lowest BCUT2D eigenvalue weighted by Gasteiger charge is -1.94. The van der Waals surface area contributed by atoms with Gasteiger partial charge in [0, 0.05) is 23.7 Å². The van der Waals surface area contributed by atoms with Crippen molar-refractivity contribution in [2.24, 2.45) is 0 Å². The molecule has 2 heterocycles. The second kappa shape index (κ2) is 3.49. The van der Waals surface area contributed by atoms with Crippen molar-refractivity contribution in [3.05, 3.63) is 60.6 Å². The summed E-state index contributed by atoms with van der Waals surface area (Å²) in [6.45, 7) is 2.01. The van der Waals surface area contributed by atoms with Crippen LogP contribution in [0.4, 0.5) is 0 Å². The molecule has 0 amide bonds. The smallest absolute Gasteiger partial charge is 0.137 e. The summed E-state index contributed by atoms with van der Waals surface area (Å²) < 4.78 is 2.05. The van der Waals surface area contributed by atoms with E-state index in [9.17, 15) is 0 Å².